The monoisotopic (exact) mass is 460 g/mol. The molecule has 1 spiro atoms. The second kappa shape index (κ2) is 7.57. The summed E-state index contributed by atoms with van der Waals surface area (Å²) >= 11 is 0. The van der Waals surface area contributed by atoms with E-state index in [-0.39, 0.29) is 18.6 Å². The maximum atomic E-state index is 12.8. The van der Waals surface area contributed by atoms with Crippen molar-refractivity contribution >= 4 is 21.9 Å². The van der Waals surface area contributed by atoms with Crippen molar-refractivity contribution in [3.05, 3.63) is 29.8 Å². The van der Waals surface area contributed by atoms with Crippen molar-refractivity contribution in [2.75, 3.05) is 32.8 Å². The van der Waals surface area contributed by atoms with Gasteiger partial charge >= 0.3 is 17.6 Å². The molecule has 31 heavy (non-hydrogen) atoms. The summed E-state index contributed by atoms with van der Waals surface area (Å²) in [7, 11) is -4.84. The minimum atomic E-state index is -5.10. The van der Waals surface area contributed by atoms with Crippen molar-refractivity contribution in [3.63, 3.8) is 0 Å². The van der Waals surface area contributed by atoms with Gasteiger partial charge in [0.1, 0.15) is 12.1 Å². The lowest BCUT2D eigenvalue weighted by molar-refractivity contribution is -0.0406. The predicted octanol–water partition coefficient (Wildman–Crippen LogP) is 2.78. The lowest BCUT2D eigenvalue weighted by atomic mass is 9.89. The van der Waals surface area contributed by atoms with E-state index in [4.69, 9.17) is 9.52 Å². The minimum Gasteiger partial charge on any atom is -0.447 e. The molecule has 0 unspecified atom stereocenters. The Kier molecular flexibility index (Phi) is 5.31. The first-order chi connectivity index (χ1) is 14.5. The van der Waals surface area contributed by atoms with Crippen LogP contribution >= 0.6 is 0 Å². The number of nitrogens with zero attached hydrogens (tertiary/aromatic N) is 2. The van der Waals surface area contributed by atoms with Gasteiger partial charge in [0.25, 0.3) is 0 Å². The van der Waals surface area contributed by atoms with E-state index in [1.54, 1.807) is 9.80 Å². The number of alkyl halides is 3. The maximum Gasteiger partial charge on any atom is 0.483 e. The van der Waals surface area contributed by atoms with E-state index >= 15 is 0 Å². The first-order valence-corrected chi connectivity index (χ1v) is 11.5. The first-order valence-electron chi connectivity index (χ1n) is 9.92. The van der Waals surface area contributed by atoms with Crippen LogP contribution in [0.5, 0.6) is 0 Å². The summed E-state index contributed by atoms with van der Waals surface area (Å²) in [6.07, 6.45) is 1.72. The quantitative estimate of drug-likeness (QED) is 0.724. The van der Waals surface area contributed by atoms with Gasteiger partial charge in [-0.05, 0) is 42.9 Å². The molecule has 3 amide bonds. The summed E-state index contributed by atoms with van der Waals surface area (Å²) < 4.78 is 62.0. The molecule has 3 aliphatic heterocycles. The number of carbonyl (C=O) groups is 2. The Morgan fingerprint density at radius 3 is 2.32 bits per heavy atom. The van der Waals surface area contributed by atoms with E-state index in [0.29, 0.717) is 32.6 Å². The minimum absolute atomic E-state index is 0.0630. The third-order valence-corrected chi connectivity index (χ3v) is 7.68. The summed E-state index contributed by atoms with van der Waals surface area (Å²) in [4.78, 5) is 26.8. The van der Waals surface area contributed by atoms with Crippen LogP contribution in [0.1, 0.15) is 18.4 Å². The van der Waals surface area contributed by atoms with Crippen LogP contribution in [0.15, 0.2) is 29.2 Å². The fourth-order valence-corrected chi connectivity index (χ4v) is 5.08. The molecule has 8 nitrogen and oxygen atoms in total. The summed E-state index contributed by atoms with van der Waals surface area (Å²) in [5, 5.41) is 2.74. The van der Waals surface area contributed by atoms with Crippen LogP contribution in [0.2, 0.25) is 0 Å². The van der Waals surface area contributed by atoms with Gasteiger partial charge < -0.3 is 19.9 Å². The molecule has 0 aliphatic carbocycles. The third kappa shape index (κ3) is 4.17. The fourth-order valence-electron chi connectivity index (χ4n) is 4.29. The molecule has 0 saturated carbocycles. The van der Waals surface area contributed by atoms with Crippen LogP contribution in [0, 0.1) is 10.7 Å². The number of rotatable bonds is 3. The van der Waals surface area contributed by atoms with Gasteiger partial charge in [0.05, 0.1) is 18.0 Å². The lowest BCUT2D eigenvalue weighted by Gasteiger charge is -2.48. The number of benzene rings is 1. The van der Waals surface area contributed by atoms with Crippen LogP contribution in [-0.2, 0) is 20.9 Å². The van der Waals surface area contributed by atoms with E-state index < -0.39 is 31.8 Å². The Bertz CT molecular complexity index is 967. The summed E-state index contributed by atoms with van der Waals surface area (Å²) in [5.41, 5.74) is -4.74. The van der Waals surface area contributed by atoms with Gasteiger partial charge in [-0.3, -0.25) is 0 Å². The van der Waals surface area contributed by atoms with Crippen LogP contribution in [0.3, 0.4) is 0 Å². The zero-order valence-electron chi connectivity index (χ0n) is 16.6. The molecule has 3 heterocycles. The first kappa shape index (κ1) is 21.7. The summed E-state index contributed by atoms with van der Waals surface area (Å²) in [6, 6.07) is 5.14. The molecular weight excluding hydrogens is 437 g/mol. The zero-order chi connectivity index (χ0) is 22.4. The SMILES string of the molecule is N=[S@@](=O)(c1ccc(CC2CCN(C(=O)N3CC4(COC(=O)N4)C3)CC2)cc1)C(F)(F)F. The number of piperidine rings is 1. The van der Waals surface area contributed by atoms with Crippen LogP contribution in [-0.4, -0.2) is 70.0 Å². The number of urea groups is 1. The van der Waals surface area contributed by atoms with Crippen LogP contribution in [0.25, 0.3) is 0 Å². The highest BCUT2D eigenvalue weighted by atomic mass is 32.2. The average molecular weight is 460 g/mol. The van der Waals surface area contributed by atoms with Gasteiger partial charge in [-0.25, -0.2) is 18.6 Å². The Hall–Kier alpha value is -2.50. The molecule has 12 heteroatoms. The Morgan fingerprint density at radius 1 is 1.19 bits per heavy atom. The van der Waals surface area contributed by atoms with Gasteiger partial charge in [-0.15, -0.1) is 0 Å². The molecule has 1 aromatic carbocycles. The van der Waals surface area contributed by atoms with Crippen molar-refractivity contribution in [2.24, 2.45) is 5.92 Å². The topological polar surface area (TPSA) is 103 Å². The third-order valence-electron chi connectivity index (χ3n) is 6.10. The summed E-state index contributed by atoms with van der Waals surface area (Å²) in [5.74, 6) is 0.281. The number of hydrogen-bond acceptors (Lipinski definition) is 5. The van der Waals surface area contributed by atoms with Gasteiger partial charge in [-0.1, -0.05) is 12.1 Å². The lowest BCUT2D eigenvalue weighted by Crippen LogP contribution is -2.71. The number of amides is 3. The maximum absolute atomic E-state index is 12.8. The van der Waals surface area contributed by atoms with Crippen molar-refractivity contribution < 1.29 is 31.7 Å². The number of hydrogen-bond donors (Lipinski definition) is 2. The van der Waals surface area contributed by atoms with Gasteiger partial charge in [0, 0.05) is 13.1 Å². The van der Waals surface area contributed by atoms with Crippen molar-refractivity contribution in [3.8, 4) is 0 Å². The van der Waals surface area contributed by atoms with E-state index in [1.807, 2.05) is 0 Å². The molecule has 1 aromatic rings. The van der Waals surface area contributed by atoms with Crippen LogP contribution in [0.4, 0.5) is 22.8 Å². The Balaban J connectivity index is 1.26. The van der Waals surface area contributed by atoms with E-state index in [1.165, 1.54) is 12.1 Å². The predicted molar refractivity (Wildman–Crippen MR) is 104 cm³/mol. The van der Waals surface area contributed by atoms with Gasteiger partial charge in [0.15, 0.2) is 9.73 Å². The number of carbonyl (C=O) groups excluding carboxylic acids is 2. The molecule has 2 N–H and O–H groups in total. The zero-order valence-corrected chi connectivity index (χ0v) is 17.4. The number of cyclic esters (lactones) is 1. The van der Waals surface area contributed by atoms with E-state index in [9.17, 15) is 27.0 Å². The highest BCUT2D eigenvalue weighted by molar-refractivity contribution is 7.93. The number of nitrogens with one attached hydrogen (secondary N) is 2. The Morgan fingerprint density at radius 2 is 1.81 bits per heavy atom. The second-order valence-electron chi connectivity index (χ2n) is 8.40. The smallest absolute Gasteiger partial charge is 0.447 e. The molecule has 4 rings (SSSR count). The number of halogens is 3. The molecule has 3 fully saturated rings. The van der Waals surface area contributed by atoms with E-state index in [0.717, 1.165) is 30.5 Å². The molecule has 0 bridgehead atoms. The molecule has 1 atom stereocenters. The molecule has 0 aromatic heterocycles. The van der Waals surface area contributed by atoms with Crippen molar-refractivity contribution in [1.29, 1.82) is 4.78 Å². The fraction of sp³-hybridized carbons (Fsp3) is 0.579. The van der Waals surface area contributed by atoms with Gasteiger partial charge in [0.2, 0.25) is 0 Å². The van der Waals surface area contributed by atoms with Crippen molar-refractivity contribution in [1.82, 2.24) is 15.1 Å². The second-order valence-corrected chi connectivity index (χ2v) is 10.4. The highest BCUT2D eigenvalue weighted by Gasteiger charge is 2.52. The Labute approximate surface area is 177 Å². The number of likely N-dealkylation sites (tertiary alicyclic amines) is 2. The molecule has 170 valence electrons. The average Bonchev–Trinajstić information content (AvgIpc) is 3.09. The summed E-state index contributed by atoms with van der Waals surface area (Å²) in [6.45, 7) is 2.31. The number of alkyl carbamates (subject to hydrolysis) is 1. The molecule has 3 aliphatic rings. The molecular formula is C19H23F3N4O4S. The molecule has 0 radical (unpaired) electrons. The molecule has 3 saturated heterocycles. The standard InChI is InChI=1S/C19H23F3N4O4S/c20-19(21,22)31(23,29)15-3-1-13(2-4-15)9-14-5-7-25(8-6-14)17(28)26-10-18(11-26)12-30-16(27)24-18/h1-4,14,23H,5-12H2,(H,24,27)/t31-/m1/s1. The highest BCUT2D eigenvalue weighted by Crippen LogP contribution is 2.32. The largest absolute Gasteiger partial charge is 0.483 e. The number of ether oxygens (including phenoxy) is 1. The van der Waals surface area contributed by atoms with Crippen LogP contribution < -0.4 is 5.32 Å². The van der Waals surface area contributed by atoms with Gasteiger partial charge in [-0.2, -0.15) is 13.2 Å². The normalized spacial score (nSPS) is 23.1. The van der Waals surface area contributed by atoms with Crippen molar-refractivity contribution in [2.45, 2.75) is 35.2 Å². The van der Waals surface area contributed by atoms with E-state index in [2.05, 4.69) is 5.32 Å².